The Labute approximate surface area is 168 Å². The number of hydrogen-bond donors (Lipinski definition) is 1. The standard InChI is InChI=1S/C20H25N7O2/c1-11(26-8-7-14-16(10-26)29-12(2)22-14)9-17-23-19-13-5-4-6-15(28-3)18(13)24-20(21)27(19)25-17/h4-6,11,14,16H,7-10H2,1-3H3,(H2,21,24)/t11-,14?,16?/m0/s1. The van der Waals surface area contributed by atoms with E-state index in [1.54, 1.807) is 11.6 Å². The Kier molecular flexibility index (Phi) is 4.27. The van der Waals surface area contributed by atoms with Gasteiger partial charge in [-0.05, 0) is 25.5 Å². The molecule has 3 atom stereocenters. The van der Waals surface area contributed by atoms with Crippen molar-refractivity contribution in [1.82, 2.24) is 24.5 Å². The molecule has 1 fully saturated rings. The summed E-state index contributed by atoms with van der Waals surface area (Å²) in [5.41, 5.74) is 7.56. The minimum absolute atomic E-state index is 0.163. The van der Waals surface area contributed by atoms with Crippen LogP contribution in [0.4, 0.5) is 5.95 Å². The molecule has 152 valence electrons. The molecule has 2 N–H and O–H groups in total. The molecule has 1 saturated heterocycles. The van der Waals surface area contributed by atoms with E-state index in [1.165, 1.54) is 0 Å². The summed E-state index contributed by atoms with van der Waals surface area (Å²) in [6, 6.07) is 6.34. The van der Waals surface area contributed by atoms with Crippen LogP contribution in [0.3, 0.4) is 0 Å². The SMILES string of the molecule is COc1cccc2c1nc(N)n1nc(C[C@H](C)N3CCC4N=C(C)OC4C3)nc21. The maximum absolute atomic E-state index is 6.16. The number of nitrogens with two attached hydrogens (primary N) is 1. The number of likely N-dealkylation sites (tertiary alicyclic amines) is 1. The van der Waals surface area contributed by atoms with Crippen molar-refractivity contribution >= 4 is 28.4 Å². The first-order valence-electron chi connectivity index (χ1n) is 9.96. The summed E-state index contributed by atoms with van der Waals surface area (Å²) in [5.74, 6) is 2.53. The molecule has 0 aliphatic carbocycles. The highest BCUT2D eigenvalue weighted by Gasteiger charge is 2.36. The summed E-state index contributed by atoms with van der Waals surface area (Å²) in [7, 11) is 1.62. The van der Waals surface area contributed by atoms with E-state index in [-0.39, 0.29) is 12.1 Å². The van der Waals surface area contributed by atoms with E-state index in [4.69, 9.17) is 20.2 Å². The molecule has 5 rings (SSSR count). The maximum atomic E-state index is 6.16. The Balaban J connectivity index is 1.41. The number of nitrogen functional groups attached to an aromatic ring is 1. The highest BCUT2D eigenvalue weighted by Crippen LogP contribution is 2.28. The van der Waals surface area contributed by atoms with Gasteiger partial charge in [0.1, 0.15) is 17.4 Å². The molecule has 2 unspecified atom stereocenters. The van der Waals surface area contributed by atoms with Crippen LogP contribution in [0.25, 0.3) is 16.6 Å². The molecule has 0 radical (unpaired) electrons. The third-order valence-corrected chi connectivity index (χ3v) is 5.88. The van der Waals surface area contributed by atoms with Crippen LogP contribution in [-0.4, -0.2) is 68.8 Å². The summed E-state index contributed by atoms with van der Waals surface area (Å²) in [5, 5.41) is 5.50. The van der Waals surface area contributed by atoms with Crippen LogP contribution in [0, 0.1) is 0 Å². The number of nitrogens with zero attached hydrogens (tertiary/aromatic N) is 6. The van der Waals surface area contributed by atoms with Crippen LogP contribution in [0.1, 0.15) is 26.1 Å². The Morgan fingerprint density at radius 2 is 2.21 bits per heavy atom. The first-order chi connectivity index (χ1) is 14.0. The maximum Gasteiger partial charge on any atom is 0.223 e. The molecule has 1 aromatic carbocycles. The van der Waals surface area contributed by atoms with Gasteiger partial charge in [0.15, 0.2) is 17.4 Å². The topological polar surface area (TPSA) is 103 Å². The number of hydrogen-bond acceptors (Lipinski definition) is 8. The van der Waals surface area contributed by atoms with Crippen LogP contribution < -0.4 is 10.5 Å². The van der Waals surface area contributed by atoms with Crippen molar-refractivity contribution in [3.8, 4) is 5.75 Å². The molecular weight excluding hydrogens is 370 g/mol. The minimum atomic E-state index is 0.163. The molecule has 3 aromatic rings. The van der Waals surface area contributed by atoms with Gasteiger partial charge in [-0.2, -0.15) is 4.52 Å². The van der Waals surface area contributed by atoms with Crippen LogP contribution >= 0.6 is 0 Å². The predicted octanol–water partition coefficient (Wildman–Crippen LogP) is 1.69. The lowest BCUT2D eigenvalue weighted by atomic mass is 10.0. The van der Waals surface area contributed by atoms with Crippen molar-refractivity contribution in [2.24, 2.45) is 4.99 Å². The zero-order chi connectivity index (χ0) is 20.1. The molecular formula is C20H25N7O2. The number of anilines is 1. The molecule has 0 saturated carbocycles. The van der Waals surface area contributed by atoms with Crippen molar-refractivity contribution in [3.05, 3.63) is 24.0 Å². The molecule has 0 spiro atoms. The number of ether oxygens (including phenoxy) is 2. The zero-order valence-electron chi connectivity index (χ0n) is 16.9. The van der Waals surface area contributed by atoms with Crippen molar-refractivity contribution < 1.29 is 9.47 Å². The fourth-order valence-electron chi connectivity index (χ4n) is 4.39. The number of rotatable bonds is 4. The minimum Gasteiger partial charge on any atom is -0.494 e. The number of fused-ring (bicyclic) bond motifs is 4. The van der Waals surface area contributed by atoms with Crippen LogP contribution in [0.15, 0.2) is 23.2 Å². The predicted molar refractivity (Wildman–Crippen MR) is 110 cm³/mol. The monoisotopic (exact) mass is 395 g/mol. The molecule has 9 nitrogen and oxygen atoms in total. The van der Waals surface area contributed by atoms with Crippen molar-refractivity contribution in [2.75, 3.05) is 25.9 Å². The quantitative estimate of drug-likeness (QED) is 0.717. The van der Waals surface area contributed by atoms with E-state index < -0.39 is 0 Å². The molecule has 2 aliphatic rings. The number of benzene rings is 1. The van der Waals surface area contributed by atoms with Crippen molar-refractivity contribution in [1.29, 1.82) is 0 Å². The van der Waals surface area contributed by atoms with E-state index >= 15 is 0 Å². The fourth-order valence-corrected chi connectivity index (χ4v) is 4.39. The van der Waals surface area contributed by atoms with Crippen molar-refractivity contribution in [3.63, 3.8) is 0 Å². The average Bonchev–Trinajstić information content (AvgIpc) is 3.30. The summed E-state index contributed by atoms with van der Waals surface area (Å²) in [6.07, 6.45) is 1.91. The molecule has 2 aliphatic heterocycles. The first-order valence-corrected chi connectivity index (χ1v) is 9.96. The van der Waals surface area contributed by atoms with Crippen molar-refractivity contribution in [2.45, 2.75) is 44.9 Å². The number of aliphatic imine (C=N–C) groups is 1. The third kappa shape index (κ3) is 3.05. The summed E-state index contributed by atoms with van der Waals surface area (Å²) < 4.78 is 12.9. The van der Waals surface area contributed by atoms with Gasteiger partial charge in [0, 0.05) is 37.9 Å². The number of methoxy groups -OCH3 is 1. The van der Waals surface area contributed by atoms with Gasteiger partial charge in [-0.25, -0.2) is 15.0 Å². The van der Waals surface area contributed by atoms with Crippen LogP contribution in [-0.2, 0) is 11.2 Å². The van der Waals surface area contributed by atoms with E-state index in [0.29, 0.717) is 28.9 Å². The number of piperidine rings is 1. The summed E-state index contributed by atoms with van der Waals surface area (Å²) in [4.78, 5) is 16.3. The molecule has 29 heavy (non-hydrogen) atoms. The first kappa shape index (κ1) is 18.1. The van der Waals surface area contributed by atoms with Gasteiger partial charge in [0.2, 0.25) is 5.95 Å². The van der Waals surface area contributed by atoms with Gasteiger partial charge in [-0.1, -0.05) is 6.07 Å². The van der Waals surface area contributed by atoms with E-state index in [0.717, 1.165) is 43.0 Å². The second-order valence-corrected chi connectivity index (χ2v) is 7.80. The normalized spacial score (nSPS) is 23.1. The summed E-state index contributed by atoms with van der Waals surface area (Å²) >= 11 is 0. The number of para-hydroxylation sites is 1. The molecule has 4 heterocycles. The van der Waals surface area contributed by atoms with Gasteiger partial charge in [-0.3, -0.25) is 4.90 Å². The largest absolute Gasteiger partial charge is 0.494 e. The Morgan fingerprint density at radius 3 is 3.03 bits per heavy atom. The van der Waals surface area contributed by atoms with Gasteiger partial charge in [0.05, 0.1) is 13.2 Å². The molecule has 2 aromatic heterocycles. The summed E-state index contributed by atoms with van der Waals surface area (Å²) in [6.45, 7) is 6.02. The van der Waals surface area contributed by atoms with Crippen LogP contribution in [0.5, 0.6) is 5.75 Å². The lowest BCUT2D eigenvalue weighted by Gasteiger charge is -2.36. The van der Waals surface area contributed by atoms with Gasteiger partial charge < -0.3 is 15.2 Å². The highest BCUT2D eigenvalue weighted by molar-refractivity contribution is 5.95. The van der Waals surface area contributed by atoms with E-state index in [9.17, 15) is 0 Å². The van der Waals surface area contributed by atoms with Gasteiger partial charge >= 0.3 is 0 Å². The Hall–Kier alpha value is -2.94. The van der Waals surface area contributed by atoms with Gasteiger partial charge in [-0.15, -0.1) is 5.10 Å². The Morgan fingerprint density at radius 1 is 1.34 bits per heavy atom. The molecule has 9 heteroatoms. The highest BCUT2D eigenvalue weighted by atomic mass is 16.5. The second-order valence-electron chi connectivity index (χ2n) is 7.80. The Bertz CT molecular complexity index is 1110. The van der Waals surface area contributed by atoms with E-state index in [2.05, 4.69) is 26.9 Å². The molecule has 0 bridgehead atoms. The fraction of sp³-hybridized carbons (Fsp3) is 0.500. The van der Waals surface area contributed by atoms with Gasteiger partial charge in [0.25, 0.3) is 0 Å². The zero-order valence-corrected chi connectivity index (χ0v) is 16.9. The average molecular weight is 395 g/mol. The lowest BCUT2D eigenvalue weighted by Crippen LogP contribution is -2.49. The van der Waals surface area contributed by atoms with E-state index in [1.807, 2.05) is 25.1 Å². The smallest absolute Gasteiger partial charge is 0.223 e. The number of aromatic nitrogens is 4. The third-order valence-electron chi connectivity index (χ3n) is 5.88. The van der Waals surface area contributed by atoms with Crippen LogP contribution in [0.2, 0.25) is 0 Å². The lowest BCUT2D eigenvalue weighted by molar-refractivity contribution is 0.0617. The molecule has 0 amide bonds. The second kappa shape index (κ2) is 6.84.